The molecule has 3 atom stereocenters. The van der Waals surface area contributed by atoms with Crippen LogP contribution >= 0.6 is 0 Å². The van der Waals surface area contributed by atoms with Gasteiger partial charge in [-0.15, -0.1) is 0 Å². The second-order valence-electron chi connectivity index (χ2n) is 11.6. The molecule has 44 heavy (non-hydrogen) atoms. The van der Waals surface area contributed by atoms with Gasteiger partial charge in [-0.1, -0.05) is 18.2 Å². The molecule has 234 valence electrons. The van der Waals surface area contributed by atoms with E-state index in [0.717, 1.165) is 16.9 Å². The molecular formula is C35H44AsN3O4S. The van der Waals surface area contributed by atoms with Crippen LogP contribution in [0.25, 0.3) is 10.8 Å². The molecule has 0 aliphatic carbocycles. The van der Waals surface area contributed by atoms with E-state index in [1.165, 1.54) is 31.9 Å². The third-order valence-electron chi connectivity index (χ3n) is 7.56. The standard InChI is InChI=1S/C35H44AsN3O4S/c1-26(2)24-39(44(42,43)33-19-17-31(18-20-33)38-30-12-4-3-5-13-30)32(25-40)14-8-9-21-37-35(41)34(36)23-27-15-16-28-10-6-7-11-29(28)22-27/h3-7,10-13,15-20,22,26,32,34,38,40H,8-9,14,21,23-25,36H2,1-2H3,(H,37,41). The van der Waals surface area contributed by atoms with Gasteiger partial charge in [0.25, 0.3) is 0 Å². The second kappa shape index (κ2) is 16.2. The molecule has 3 unspecified atom stereocenters. The molecule has 9 heteroatoms. The molecule has 0 aromatic heterocycles. The van der Waals surface area contributed by atoms with Crippen LogP contribution in [-0.4, -0.2) is 66.3 Å². The molecule has 4 aromatic carbocycles. The number of amides is 1. The Morgan fingerprint density at radius 2 is 1.52 bits per heavy atom. The Hall–Kier alpha value is -3.16. The monoisotopic (exact) mass is 677 g/mol. The number of fused-ring (bicyclic) bond motifs is 1. The first kappa shape index (κ1) is 33.7. The maximum atomic E-state index is 13.8. The van der Waals surface area contributed by atoms with Gasteiger partial charge < -0.3 is 5.32 Å². The number of nitrogens with one attached hydrogen (secondary N) is 2. The number of nitrogens with zero attached hydrogens (tertiary/aromatic N) is 1. The van der Waals surface area contributed by atoms with E-state index in [1.54, 1.807) is 24.3 Å². The summed E-state index contributed by atoms with van der Waals surface area (Å²) in [5, 5.41) is 19.0. The molecule has 0 bridgehead atoms. The van der Waals surface area contributed by atoms with E-state index >= 15 is 0 Å². The smallest absolute Gasteiger partial charge is 0.356 e. The van der Waals surface area contributed by atoms with Crippen molar-refractivity contribution in [3.8, 4) is 0 Å². The number of aliphatic hydroxyl groups excluding tert-OH is 1. The van der Waals surface area contributed by atoms with Gasteiger partial charge in [0, 0.05) is 11.4 Å². The SMILES string of the molecule is CC(C)CN(C(CO)CCCCNC(=O)C([AsH2])Cc1ccc2ccccc2c1)S(=O)(=O)c1ccc(Nc2ccccc2)cc1. The number of anilines is 2. The van der Waals surface area contributed by atoms with Gasteiger partial charge in [-0.3, -0.25) is 0 Å². The van der Waals surface area contributed by atoms with E-state index in [-0.39, 0.29) is 28.0 Å². The predicted octanol–water partition coefficient (Wildman–Crippen LogP) is 5.54. The fourth-order valence-electron chi connectivity index (χ4n) is 5.22. The summed E-state index contributed by atoms with van der Waals surface area (Å²) in [5.74, 6) is 0.120. The van der Waals surface area contributed by atoms with Crippen molar-refractivity contribution in [3.63, 3.8) is 0 Å². The Morgan fingerprint density at radius 1 is 0.864 bits per heavy atom. The number of hydrogen-bond acceptors (Lipinski definition) is 5. The Bertz CT molecular complexity index is 1600. The summed E-state index contributed by atoms with van der Waals surface area (Å²) in [5.41, 5.74) is 2.85. The Morgan fingerprint density at radius 3 is 2.20 bits per heavy atom. The zero-order valence-electron chi connectivity index (χ0n) is 25.5. The molecule has 4 rings (SSSR count). The summed E-state index contributed by atoms with van der Waals surface area (Å²) >= 11 is 1.40. The van der Waals surface area contributed by atoms with Gasteiger partial charge in [0.1, 0.15) is 0 Å². The fourth-order valence-corrected chi connectivity index (χ4v) is 7.85. The van der Waals surface area contributed by atoms with Crippen LogP contribution in [0.15, 0.2) is 102 Å². The minimum atomic E-state index is -3.83. The van der Waals surface area contributed by atoms with Crippen molar-refractivity contribution >= 4 is 54.9 Å². The average Bonchev–Trinajstić information content (AvgIpc) is 3.02. The molecule has 4 aromatic rings. The number of para-hydroxylation sites is 1. The van der Waals surface area contributed by atoms with Gasteiger partial charge in [-0.2, -0.15) is 0 Å². The van der Waals surface area contributed by atoms with Gasteiger partial charge in [0.05, 0.1) is 0 Å². The maximum absolute atomic E-state index is 13.8. The molecule has 1 amide bonds. The molecule has 0 spiro atoms. The third-order valence-corrected chi connectivity index (χ3v) is 10.6. The summed E-state index contributed by atoms with van der Waals surface area (Å²) in [6.45, 7) is 4.50. The molecule has 0 heterocycles. The minimum Gasteiger partial charge on any atom is -0.356 e. The van der Waals surface area contributed by atoms with Crippen molar-refractivity contribution in [2.75, 3.05) is 25.0 Å². The molecular weight excluding hydrogens is 633 g/mol. The number of benzene rings is 4. The summed E-state index contributed by atoms with van der Waals surface area (Å²) in [6.07, 6.45) is 2.57. The fraction of sp³-hybridized carbons (Fsp3) is 0.343. The molecule has 0 saturated carbocycles. The normalized spacial score (nSPS) is 13.2. The van der Waals surface area contributed by atoms with Crippen molar-refractivity contribution in [1.29, 1.82) is 0 Å². The van der Waals surface area contributed by atoms with E-state index in [2.05, 4.69) is 41.0 Å². The number of rotatable bonds is 16. The summed E-state index contributed by atoms with van der Waals surface area (Å²) in [4.78, 5) is 13.0. The number of sulfonamides is 1. The zero-order valence-corrected chi connectivity index (χ0v) is 28.8. The molecule has 0 radical (unpaired) electrons. The van der Waals surface area contributed by atoms with Crippen LogP contribution < -0.4 is 10.6 Å². The third kappa shape index (κ3) is 9.42. The molecule has 3 N–H and O–H groups in total. The number of hydrogen-bond donors (Lipinski definition) is 3. The topological polar surface area (TPSA) is 98.7 Å². The van der Waals surface area contributed by atoms with Crippen LogP contribution in [0.2, 0.25) is 4.71 Å². The Kier molecular flexibility index (Phi) is 12.4. The van der Waals surface area contributed by atoms with Gasteiger partial charge in [-0.25, -0.2) is 0 Å². The van der Waals surface area contributed by atoms with Crippen molar-refractivity contribution in [3.05, 3.63) is 103 Å². The molecule has 0 aliphatic heterocycles. The number of unbranched alkanes of at least 4 members (excludes halogenated alkanes) is 1. The van der Waals surface area contributed by atoms with Crippen molar-refractivity contribution < 1.29 is 18.3 Å². The van der Waals surface area contributed by atoms with Crippen molar-refractivity contribution in [2.45, 2.75) is 55.2 Å². The number of carbonyl (C=O) groups excluding carboxylic acids is 1. The number of carbonyl (C=O) groups is 1. The molecule has 0 aliphatic rings. The number of aliphatic hydroxyl groups is 1. The summed E-state index contributed by atoms with van der Waals surface area (Å²) in [7, 11) is -3.83. The first-order chi connectivity index (χ1) is 21.2. The van der Waals surface area contributed by atoms with Gasteiger partial charge in [0.2, 0.25) is 0 Å². The first-order valence-electron chi connectivity index (χ1n) is 15.2. The Labute approximate surface area is 270 Å². The summed E-state index contributed by atoms with van der Waals surface area (Å²) < 4.78 is 28.9. The van der Waals surface area contributed by atoms with E-state index in [9.17, 15) is 18.3 Å². The van der Waals surface area contributed by atoms with Gasteiger partial charge >= 0.3 is 212 Å². The second-order valence-corrected chi connectivity index (χ2v) is 15.2. The van der Waals surface area contributed by atoms with Crippen LogP contribution in [0.4, 0.5) is 11.4 Å². The zero-order chi connectivity index (χ0) is 31.5. The average molecular weight is 678 g/mol. The van der Waals surface area contributed by atoms with Crippen LogP contribution in [0, 0.1) is 5.92 Å². The van der Waals surface area contributed by atoms with Crippen molar-refractivity contribution in [1.82, 2.24) is 9.62 Å². The molecule has 0 fully saturated rings. The predicted molar refractivity (Wildman–Crippen MR) is 183 cm³/mol. The van der Waals surface area contributed by atoms with Crippen LogP contribution in [0.1, 0.15) is 38.7 Å². The van der Waals surface area contributed by atoms with E-state index in [4.69, 9.17) is 0 Å². The van der Waals surface area contributed by atoms with Gasteiger partial charge in [0.15, 0.2) is 0 Å². The van der Waals surface area contributed by atoms with Crippen LogP contribution in [0.5, 0.6) is 0 Å². The van der Waals surface area contributed by atoms with Crippen molar-refractivity contribution in [2.24, 2.45) is 5.92 Å². The summed E-state index contributed by atoms with van der Waals surface area (Å²) in [6, 6.07) is 30.4. The van der Waals surface area contributed by atoms with Crippen LogP contribution in [-0.2, 0) is 21.2 Å². The Balaban J connectivity index is 1.29. The van der Waals surface area contributed by atoms with Crippen LogP contribution in [0.3, 0.4) is 0 Å². The molecule has 0 saturated heterocycles. The first-order valence-corrected chi connectivity index (χ1v) is 18.1. The minimum absolute atomic E-state index is 0.0334. The van der Waals surface area contributed by atoms with E-state index in [1.807, 2.05) is 56.3 Å². The quantitative estimate of drug-likeness (QED) is 0.107. The van der Waals surface area contributed by atoms with E-state index in [0.29, 0.717) is 38.8 Å². The molecule has 7 nitrogen and oxygen atoms in total. The van der Waals surface area contributed by atoms with E-state index < -0.39 is 16.1 Å². The van der Waals surface area contributed by atoms with Gasteiger partial charge in [-0.05, 0) is 24.3 Å².